The summed E-state index contributed by atoms with van der Waals surface area (Å²) in [6.07, 6.45) is 0. The van der Waals surface area contributed by atoms with Gasteiger partial charge in [-0.25, -0.2) is 0 Å². The third-order valence-corrected chi connectivity index (χ3v) is 8.37. The Labute approximate surface area is 217 Å². The minimum Gasteiger partial charge on any atom is -0.455 e. The Morgan fingerprint density at radius 1 is 0.514 bits per heavy atom. The average molecular weight is 492 g/mol. The fourth-order valence-electron chi connectivity index (χ4n) is 5.58. The van der Waals surface area contributed by atoms with Crippen LogP contribution in [0.3, 0.4) is 0 Å². The van der Waals surface area contributed by atoms with Crippen molar-refractivity contribution < 1.29 is 4.42 Å². The molecule has 8 rings (SSSR count). The monoisotopic (exact) mass is 491 g/mol. The van der Waals surface area contributed by atoms with Gasteiger partial charge in [0.25, 0.3) is 0 Å². The fraction of sp³-hybridized carbons (Fsp3) is 0. The molecule has 0 atom stereocenters. The average Bonchev–Trinajstić information content (AvgIpc) is 3.52. The predicted molar refractivity (Wildman–Crippen MR) is 159 cm³/mol. The number of thiophene rings is 1. The first-order valence-corrected chi connectivity index (χ1v) is 13.3. The van der Waals surface area contributed by atoms with Gasteiger partial charge in [-0.1, -0.05) is 78.9 Å². The molecule has 0 radical (unpaired) electrons. The zero-order chi connectivity index (χ0) is 24.3. The van der Waals surface area contributed by atoms with Crippen molar-refractivity contribution in [3.8, 4) is 0 Å². The third kappa shape index (κ3) is 3.11. The number of rotatable bonds is 3. The molecule has 174 valence electrons. The molecule has 0 saturated heterocycles. The molecule has 3 heteroatoms. The summed E-state index contributed by atoms with van der Waals surface area (Å²) in [7, 11) is 0. The van der Waals surface area contributed by atoms with Gasteiger partial charge in [0.15, 0.2) is 0 Å². The van der Waals surface area contributed by atoms with E-state index in [0.717, 1.165) is 49.8 Å². The summed E-state index contributed by atoms with van der Waals surface area (Å²) in [6, 6.07) is 45.3. The molecule has 2 heterocycles. The molecular weight excluding hydrogens is 470 g/mol. The van der Waals surface area contributed by atoms with Crippen molar-refractivity contribution in [3.05, 3.63) is 127 Å². The number of hydrogen-bond donors (Lipinski definition) is 0. The Kier molecular flexibility index (Phi) is 4.42. The summed E-state index contributed by atoms with van der Waals surface area (Å²) < 4.78 is 9.11. The van der Waals surface area contributed by atoms with Crippen LogP contribution < -0.4 is 4.90 Å². The van der Waals surface area contributed by atoms with Crippen LogP contribution in [-0.2, 0) is 0 Å². The zero-order valence-electron chi connectivity index (χ0n) is 19.9. The maximum absolute atomic E-state index is 6.51. The fourth-order valence-corrected chi connectivity index (χ4v) is 6.72. The second-order valence-electron chi connectivity index (χ2n) is 9.37. The van der Waals surface area contributed by atoms with Gasteiger partial charge in [-0.3, -0.25) is 0 Å². The van der Waals surface area contributed by atoms with Crippen LogP contribution in [0.5, 0.6) is 0 Å². The van der Waals surface area contributed by atoms with E-state index in [1.807, 2.05) is 23.5 Å². The number of fused-ring (bicyclic) bond motifs is 8. The standard InChI is InChI=1S/C34H21NOS/c1-2-10-23(11-3-1)35(24-18-20-27-26-13-5-7-16-31(26)37-32(27)21-24)29-14-8-9-22-17-19-28-25-12-4-6-15-30(25)36-34(28)33(22)29/h1-21H. The largest absolute Gasteiger partial charge is 0.455 e. The summed E-state index contributed by atoms with van der Waals surface area (Å²) in [6.45, 7) is 0. The summed E-state index contributed by atoms with van der Waals surface area (Å²) in [5.41, 5.74) is 5.19. The predicted octanol–water partition coefficient (Wildman–Crippen LogP) is 10.6. The molecule has 8 aromatic rings. The van der Waals surface area contributed by atoms with Crippen LogP contribution in [0.1, 0.15) is 0 Å². The Balaban J connectivity index is 1.45. The molecule has 0 spiro atoms. The number of nitrogens with zero attached hydrogens (tertiary/aromatic N) is 1. The maximum atomic E-state index is 6.51. The molecule has 2 aromatic heterocycles. The highest BCUT2D eigenvalue weighted by Crippen LogP contribution is 2.45. The van der Waals surface area contributed by atoms with Crippen LogP contribution in [0.2, 0.25) is 0 Å². The van der Waals surface area contributed by atoms with Crippen molar-refractivity contribution in [1.82, 2.24) is 0 Å². The van der Waals surface area contributed by atoms with Crippen molar-refractivity contribution in [1.29, 1.82) is 0 Å². The number of benzene rings is 6. The Bertz CT molecular complexity index is 2100. The van der Waals surface area contributed by atoms with Crippen molar-refractivity contribution in [2.75, 3.05) is 4.90 Å². The number of para-hydroxylation sites is 2. The number of hydrogen-bond acceptors (Lipinski definition) is 3. The second-order valence-corrected chi connectivity index (χ2v) is 10.4. The molecular formula is C34H21NOS. The van der Waals surface area contributed by atoms with Crippen molar-refractivity contribution in [2.24, 2.45) is 0 Å². The van der Waals surface area contributed by atoms with Crippen LogP contribution >= 0.6 is 11.3 Å². The summed E-state index contributed by atoms with van der Waals surface area (Å²) in [5, 5.41) is 7.18. The van der Waals surface area contributed by atoms with Crippen LogP contribution in [0.4, 0.5) is 17.1 Å². The lowest BCUT2D eigenvalue weighted by atomic mass is 10.0. The van der Waals surface area contributed by atoms with E-state index in [9.17, 15) is 0 Å². The van der Waals surface area contributed by atoms with Gasteiger partial charge >= 0.3 is 0 Å². The third-order valence-electron chi connectivity index (χ3n) is 7.24. The highest BCUT2D eigenvalue weighted by Gasteiger charge is 2.20. The van der Waals surface area contributed by atoms with Crippen molar-refractivity contribution in [2.45, 2.75) is 0 Å². The van der Waals surface area contributed by atoms with Crippen molar-refractivity contribution >= 4 is 81.3 Å². The summed E-state index contributed by atoms with van der Waals surface area (Å²) in [4.78, 5) is 2.36. The first kappa shape index (κ1) is 20.6. The van der Waals surface area contributed by atoms with Crippen molar-refractivity contribution in [3.63, 3.8) is 0 Å². The maximum Gasteiger partial charge on any atom is 0.145 e. The Morgan fingerprint density at radius 2 is 1.27 bits per heavy atom. The SMILES string of the molecule is c1ccc(N(c2ccc3c(c2)sc2ccccc23)c2cccc3ccc4c5ccccc5oc4c23)cc1. The molecule has 0 saturated carbocycles. The van der Waals surface area contributed by atoms with E-state index in [1.54, 1.807) is 0 Å². The van der Waals surface area contributed by atoms with E-state index >= 15 is 0 Å². The van der Waals surface area contributed by atoms with Crippen LogP contribution in [0, 0.1) is 0 Å². The van der Waals surface area contributed by atoms with Gasteiger partial charge in [0, 0.05) is 47.7 Å². The molecule has 0 bridgehead atoms. The van der Waals surface area contributed by atoms with E-state index < -0.39 is 0 Å². The lowest BCUT2D eigenvalue weighted by Crippen LogP contribution is -2.10. The Morgan fingerprint density at radius 3 is 2.19 bits per heavy atom. The molecule has 0 aliphatic carbocycles. The summed E-state index contributed by atoms with van der Waals surface area (Å²) >= 11 is 1.85. The van der Waals surface area contributed by atoms with E-state index in [0.29, 0.717) is 0 Å². The molecule has 0 amide bonds. The van der Waals surface area contributed by atoms with Crippen LogP contribution in [0.25, 0.3) is 52.9 Å². The molecule has 0 N–H and O–H groups in total. The quantitative estimate of drug-likeness (QED) is 0.244. The van der Waals surface area contributed by atoms with Gasteiger partial charge in [-0.2, -0.15) is 0 Å². The summed E-state index contributed by atoms with van der Waals surface area (Å²) in [5.74, 6) is 0. The smallest absolute Gasteiger partial charge is 0.145 e. The lowest BCUT2D eigenvalue weighted by Gasteiger charge is -2.27. The molecule has 37 heavy (non-hydrogen) atoms. The molecule has 0 fully saturated rings. The minimum atomic E-state index is 0.915. The molecule has 0 aliphatic rings. The number of furan rings is 1. The highest BCUT2D eigenvalue weighted by molar-refractivity contribution is 7.25. The van der Waals surface area contributed by atoms with Crippen LogP contribution in [-0.4, -0.2) is 0 Å². The molecule has 0 aliphatic heterocycles. The normalized spacial score (nSPS) is 11.8. The Hall–Kier alpha value is -4.60. The van der Waals surface area contributed by atoms with E-state index in [4.69, 9.17) is 4.42 Å². The van der Waals surface area contributed by atoms with Gasteiger partial charge in [-0.05, 0) is 53.9 Å². The van der Waals surface area contributed by atoms with E-state index in [2.05, 4.69) is 120 Å². The first-order valence-electron chi connectivity index (χ1n) is 12.4. The number of anilines is 3. The topological polar surface area (TPSA) is 16.4 Å². The van der Waals surface area contributed by atoms with Gasteiger partial charge in [0.05, 0.1) is 5.69 Å². The lowest BCUT2D eigenvalue weighted by molar-refractivity contribution is 0.672. The highest BCUT2D eigenvalue weighted by atomic mass is 32.1. The molecule has 6 aromatic carbocycles. The van der Waals surface area contributed by atoms with Crippen LogP contribution in [0.15, 0.2) is 132 Å². The first-order chi connectivity index (χ1) is 18.3. The van der Waals surface area contributed by atoms with Gasteiger partial charge in [-0.15, -0.1) is 11.3 Å². The zero-order valence-corrected chi connectivity index (χ0v) is 20.7. The second kappa shape index (κ2) is 7.95. The van der Waals surface area contributed by atoms with E-state index in [1.165, 1.54) is 20.2 Å². The van der Waals surface area contributed by atoms with E-state index in [-0.39, 0.29) is 0 Å². The minimum absolute atomic E-state index is 0.915. The molecule has 0 unspecified atom stereocenters. The van der Waals surface area contributed by atoms with Gasteiger partial charge < -0.3 is 9.32 Å². The van der Waals surface area contributed by atoms with Gasteiger partial charge in [0.2, 0.25) is 0 Å². The molecule has 2 nitrogen and oxygen atoms in total. The van der Waals surface area contributed by atoms with Gasteiger partial charge in [0.1, 0.15) is 11.2 Å².